The van der Waals surface area contributed by atoms with Gasteiger partial charge in [0.2, 0.25) is 0 Å². The number of carbonyl (C=O) groups excluding carboxylic acids is 1. The predicted octanol–water partition coefficient (Wildman–Crippen LogP) is 4.62. The molecule has 0 radical (unpaired) electrons. The molecule has 0 aliphatic carbocycles. The third-order valence-electron chi connectivity index (χ3n) is 6.01. The number of amides is 1. The minimum atomic E-state index is -0.454. The van der Waals surface area contributed by atoms with E-state index in [0.29, 0.717) is 11.3 Å². The van der Waals surface area contributed by atoms with E-state index >= 15 is 0 Å². The molecule has 176 valence electrons. The maximum Gasteiger partial charge on any atom is 0.274 e. The van der Waals surface area contributed by atoms with Gasteiger partial charge in [0.05, 0.1) is 24.5 Å². The van der Waals surface area contributed by atoms with Crippen LogP contribution in [-0.2, 0) is 11.3 Å². The van der Waals surface area contributed by atoms with Crippen molar-refractivity contribution in [2.24, 2.45) is 0 Å². The summed E-state index contributed by atoms with van der Waals surface area (Å²) in [6.45, 7) is 1.83. The molecule has 5 aromatic rings. The molecular weight excluding hydrogens is 447 g/mol. The van der Waals surface area contributed by atoms with Crippen molar-refractivity contribution in [2.75, 3.05) is 7.11 Å². The molecular formula is C27H23FN4O3. The number of benzene rings is 3. The lowest BCUT2D eigenvalue weighted by Gasteiger charge is -2.14. The second kappa shape index (κ2) is 9.15. The van der Waals surface area contributed by atoms with Gasteiger partial charge in [-0.3, -0.25) is 9.59 Å². The fraction of sp³-hybridized carbons (Fsp3) is 0.148. The smallest absolute Gasteiger partial charge is 0.274 e. The molecule has 2 N–H and O–H groups in total. The lowest BCUT2D eigenvalue weighted by molar-refractivity contribution is 0.0929. The lowest BCUT2D eigenvalue weighted by atomic mass is 10.1. The highest BCUT2D eigenvalue weighted by molar-refractivity contribution is 5.96. The van der Waals surface area contributed by atoms with Crippen LogP contribution in [0.15, 0.2) is 77.7 Å². The van der Waals surface area contributed by atoms with Crippen LogP contribution >= 0.6 is 0 Å². The Labute approximate surface area is 200 Å². The first-order chi connectivity index (χ1) is 16.9. The van der Waals surface area contributed by atoms with E-state index in [9.17, 15) is 14.0 Å². The number of rotatable bonds is 6. The summed E-state index contributed by atoms with van der Waals surface area (Å²) in [5.74, 6) is -0.805. The molecule has 0 aliphatic rings. The number of aromatic amines is 1. The van der Waals surface area contributed by atoms with Gasteiger partial charge in [-0.2, -0.15) is 5.10 Å². The predicted molar refractivity (Wildman–Crippen MR) is 132 cm³/mol. The van der Waals surface area contributed by atoms with Crippen LogP contribution in [0.4, 0.5) is 4.39 Å². The zero-order valence-electron chi connectivity index (χ0n) is 19.2. The first-order valence-electron chi connectivity index (χ1n) is 11.1. The van der Waals surface area contributed by atoms with Crippen molar-refractivity contribution in [2.45, 2.75) is 19.6 Å². The number of ether oxygens (including phenoxy) is 1. The summed E-state index contributed by atoms with van der Waals surface area (Å²) in [5.41, 5.74) is 2.50. The fourth-order valence-electron chi connectivity index (χ4n) is 4.21. The molecule has 2 aromatic heterocycles. The molecule has 0 aliphatic heterocycles. The van der Waals surface area contributed by atoms with Crippen molar-refractivity contribution < 1.29 is 13.9 Å². The van der Waals surface area contributed by atoms with E-state index in [0.717, 1.165) is 21.9 Å². The minimum Gasteiger partial charge on any atom is -0.380 e. The summed E-state index contributed by atoms with van der Waals surface area (Å²) in [6, 6.07) is 19.4. The van der Waals surface area contributed by atoms with Crippen LogP contribution in [-0.4, -0.2) is 27.6 Å². The Morgan fingerprint density at radius 2 is 1.86 bits per heavy atom. The topological polar surface area (TPSA) is 88.5 Å². The van der Waals surface area contributed by atoms with Crippen LogP contribution in [0.5, 0.6) is 0 Å². The average Bonchev–Trinajstić information content (AvgIpc) is 3.23. The number of hydrogen-bond donors (Lipinski definition) is 2. The SMILES string of the molecule is COCc1c(C(=O)N[C@H](C)c2ccc(F)cc2)nn2cc(-c3ccc4ccccc4c3)[nH]c(=O)c12. The number of nitrogens with zero attached hydrogens (tertiary/aromatic N) is 2. The van der Waals surface area contributed by atoms with Crippen molar-refractivity contribution >= 4 is 22.2 Å². The van der Waals surface area contributed by atoms with E-state index in [4.69, 9.17) is 4.74 Å². The number of carbonyl (C=O) groups is 1. The quantitative estimate of drug-likeness (QED) is 0.379. The van der Waals surface area contributed by atoms with Gasteiger partial charge in [0.25, 0.3) is 11.5 Å². The molecule has 0 bridgehead atoms. The lowest BCUT2D eigenvalue weighted by Crippen LogP contribution is -2.28. The molecule has 35 heavy (non-hydrogen) atoms. The van der Waals surface area contributed by atoms with Crippen LogP contribution in [0.1, 0.15) is 34.6 Å². The van der Waals surface area contributed by atoms with Crippen molar-refractivity contribution in [3.63, 3.8) is 0 Å². The maximum absolute atomic E-state index is 13.3. The largest absolute Gasteiger partial charge is 0.380 e. The first-order valence-corrected chi connectivity index (χ1v) is 11.1. The van der Waals surface area contributed by atoms with Crippen LogP contribution in [0.3, 0.4) is 0 Å². The molecule has 0 unspecified atom stereocenters. The molecule has 0 saturated carbocycles. The zero-order valence-corrected chi connectivity index (χ0v) is 19.2. The molecule has 7 nitrogen and oxygen atoms in total. The summed E-state index contributed by atoms with van der Waals surface area (Å²) in [5, 5.41) is 9.45. The minimum absolute atomic E-state index is 0.0373. The van der Waals surface area contributed by atoms with Crippen LogP contribution < -0.4 is 10.9 Å². The normalized spacial score (nSPS) is 12.2. The number of H-pyrrole nitrogens is 1. The summed E-state index contributed by atoms with van der Waals surface area (Å²) in [7, 11) is 1.49. The molecule has 0 spiro atoms. The number of fused-ring (bicyclic) bond motifs is 2. The van der Waals surface area contributed by atoms with Crippen LogP contribution in [0.25, 0.3) is 27.5 Å². The van der Waals surface area contributed by atoms with Gasteiger partial charge in [-0.05, 0) is 41.5 Å². The Bertz CT molecular complexity index is 1610. The van der Waals surface area contributed by atoms with Gasteiger partial charge in [0, 0.05) is 18.2 Å². The number of methoxy groups -OCH3 is 1. The zero-order chi connectivity index (χ0) is 24.5. The maximum atomic E-state index is 13.3. The van der Waals surface area contributed by atoms with Gasteiger partial charge < -0.3 is 15.0 Å². The van der Waals surface area contributed by atoms with Crippen molar-refractivity contribution in [1.82, 2.24) is 19.9 Å². The van der Waals surface area contributed by atoms with Crippen molar-refractivity contribution in [1.29, 1.82) is 0 Å². The molecule has 0 fully saturated rings. The van der Waals surface area contributed by atoms with Crippen molar-refractivity contribution in [3.8, 4) is 11.3 Å². The van der Waals surface area contributed by atoms with E-state index in [-0.39, 0.29) is 29.2 Å². The summed E-state index contributed by atoms with van der Waals surface area (Å²) in [4.78, 5) is 29.2. The Morgan fingerprint density at radius 1 is 1.11 bits per heavy atom. The second-order valence-electron chi connectivity index (χ2n) is 8.36. The molecule has 1 amide bonds. The third-order valence-corrected chi connectivity index (χ3v) is 6.01. The third kappa shape index (κ3) is 4.31. The van der Waals surface area contributed by atoms with Crippen LogP contribution in [0, 0.1) is 5.82 Å². The highest BCUT2D eigenvalue weighted by Crippen LogP contribution is 2.24. The number of nitrogens with one attached hydrogen (secondary N) is 2. The van der Waals surface area contributed by atoms with Crippen LogP contribution in [0.2, 0.25) is 0 Å². The number of hydrogen-bond acceptors (Lipinski definition) is 4. The molecule has 1 atom stereocenters. The van der Waals surface area contributed by atoms with Gasteiger partial charge in [-0.15, -0.1) is 0 Å². The summed E-state index contributed by atoms with van der Waals surface area (Å²) >= 11 is 0. The standard InChI is InChI=1S/C27H23FN4O3/c1-16(17-9-11-21(28)12-10-17)29-26(33)24-22(15-35-2)25-27(34)30-23(14-32(25)31-24)20-8-7-18-5-3-4-6-19(18)13-20/h3-14,16H,15H2,1-2H3,(H,29,33)(H,30,34)/t16-/m1/s1. The van der Waals surface area contributed by atoms with Gasteiger partial charge in [0.15, 0.2) is 5.69 Å². The average molecular weight is 471 g/mol. The van der Waals surface area contributed by atoms with Gasteiger partial charge >= 0.3 is 0 Å². The molecule has 0 saturated heterocycles. The fourth-order valence-corrected chi connectivity index (χ4v) is 4.21. The molecule has 2 heterocycles. The Kier molecular flexibility index (Phi) is 5.88. The first kappa shape index (κ1) is 22.5. The Morgan fingerprint density at radius 3 is 2.60 bits per heavy atom. The second-order valence-corrected chi connectivity index (χ2v) is 8.36. The van der Waals surface area contributed by atoms with Gasteiger partial charge in [0.1, 0.15) is 11.3 Å². The Hall–Kier alpha value is -4.30. The highest BCUT2D eigenvalue weighted by Gasteiger charge is 2.23. The van der Waals surface area contributed by atoms with E-state index in [1.165, 1.54) is 23.8 Å². The summed E-state index contributed by atoms with van der Waals surface area (Å²) < 4.78 is 20.0. The van der Waals surface area contributed by atoms with E-state index in [1.807, 2.05) is 42.5 Å². The summed E-state index contributed by atoms with van der Waals surface area (Å²) in [6.07, 6.45) is 1.69. The molecule has 8 heteroatoms. The monoisotopic (exact) mass is 470 g/mol. The number of aromatic nitrogens is 3. The Balaban J connectivity index is 1.54. The van der Waals surface area contributed by atoms with E-state index < -0.39 is 11.9 Å². The van der Waals surface area contributed by atoms with Crippen molar-refractivity contribution in [3.05, 3.63) is 106 Å². The number of halogens is 1. The van der Waals surface area contributed by atoms with Gasteiger partial charge in [-0.1, -0.05) is 48.5 Å². The highest BCUT2D eigenvalue weighted by atomic mass is 19.1. The van der Waals surface area contributed by atoms with Gasteiger partial charge in [-0.25, -0.2) is 8.91 Å². The molecule has 5 rings (SSSR count). The van der Waals surface area contributed by atoms with E-state index in [2.05, 4.69) is 15.4 Å². The molecule has 3 aromatic carbocycles. The van der Waals surface area contributed by atoms with E-state index in [1.54, 1.807) is 25.3 Å².